The van der Waals surface area contributed by atoms with Crippen molar-refractivity contribution < 1.29 is 0 Å². The first-order valence-corrected chi connectivity index (χ1v) is 7.19. The lowest BCUT2D eigenvalue weighted by Crippen LogP contribution is -2.04. The molecular weight excluding hydrogens is 393 g/mol. The molecule has 17 heavy (non-hydrogen) atoms. The summed E-state index contributed by atoms with van der Waals surface area (Å²) in [5.41, 5.74) is 2.39. The van der Waals surface area contributed by atoms with Crippen LogP contribution in [0.1, 0.15) is 5.56 Å². The molecule has 0 bridgehead atoms. The molecule has 90 valence electrons. The molecule has 1 aromatic carbocycles. The molecule has 2 aromatic rings. The van der Waals surface area contributed by atoms with E-state index in [1.54, 1.807) is 0 Å². The molecule has 0 spiro atoms. The van der Waals surface area contributed by atoms with E-state index in [2.05, 4.69) is 67.1 Å². The summed E-state index contributed by atoms with van der Waals surface area (Å²) in [5.74, 6) is 0. The minimum atomic E-state index is 0.908. The fourth-order valence-corrected chi connectivity index (χ4v) is 3.01. The molecule has 1 aromatic heterocycles. The van der Waals surface area contributed by atoms with Gasteiger partial charge in [0.15, 0.2) is 0 Å². The third-order valence-electron chi connectivity index (χ3n) is 2.42. The number of aryl methyl sites for hydroxylation is 1. The van der Waals surface area contributed by atoms with Gasteiger partial charge < -0.3 is 5.32 Å². The second-order valence-corrected chi connectivity index (χ2v) is 5.92. The van der Waals surface area contributed by atoms with Crippen molar-refractivity contribution >= 4 is 44.2 Å². The number of aromatic nitrogens is 2. The van der Waals surface area contributed by atoms with E-state index in [0.717, 1.165) is 23.1 Å². The number of nitrogens with zero attached hydrogens (tertiary/aromatic N) is 2. The molecule has 0 aliphatic carbocycles. The van der Waals surface area contributed by atoms with Crippen molar-refractivity contribution in [3.05, 3.63) is 44.2 Å². The van der Waals surface area contributed by atoms with Gasteiger partial charge in [-0.1, -0.05) is 0 Å². The highest BCUT2D eigenvalue weighted by molar-refractivity contribution is 14.1. The molecule has 0 unspecified atom stereocenters. The van der Waals surface area contributed by atoms with Gasteiger partial charge in [-0.25, -0.2) is 0 Å². The van der Waals surface area contributed by atoms with Crippen LogP contribution in [0, 0.1) is 3.57 Å². The van der Waals surface area contributed by atoms with Crippen LogP contribution in [0.5, 0.6) is 0 Å². The summed E-state index contributed by atoms with van der Waals surface area (Å²) >= 11 is 5.86. The van der Waals surface area contributed by atoms with Gasteiger partial charge in [0.05, 0.1) is 6.20 Å². The van der Waals surface area contributed by atoms with Gasteiger partial charge in [0.2, 0.25) is 0 Å². The lowest BCUT2D eigenvalue weighted by Gasteiger charge is -2.08. The summed E-state index contributed by atoms with van der Waals surface area (Å²) < 4.78 is 4.17. The second-order valence-electron chi connectivity index (χ2n) is 3.82. The Morgan fingerprint density at radius 1 is 1.47 bits per heavy atom. The topological polar surface area (TPSA) is 29.9 Å². The Balaban J connectivity index is 1.90. The van der Waals surface area contributed by atoms with Gasteiger partial charge in [-0.2, -0.15) is 5.10 Å². The summed E-state index contributed by atoms with van der Waals surface area (Å²) in [6.07, 6.45) is 4.93. The average molecular weight is 406 g/mol. The van der Waals surface area contributed by atoms with Crippen LogP contribution in [-0.2, 0) is 13.5 Å². The van der Waals surface area contributed by atoms with E-state index < -0.39 is 0 Å². The summed E-state index contributed by atoms with van der Waals surface area (Å²) in [7, 11) is 1.94. The SMILES string of the molecule is Cn1cc(CCNc2ccc(I)cc2Br)cn1. The third kappa shape index (κ3) is 3.70. The van der Waals surface area contributed by atoms with E-state index in [1.807, 2.05) is 24.1 Å². The van der Waals surface area contributed by atoms with Gasteiger partial charge >= 0.3 is 0 Å². The smallest absolute Gasteiger partial charge is 0.0522 e. The predicted molar refractivity (Wildman–Crippen MR) is 82.3 cm³/mol. The summed E-state index contributed by atoms with van der Waals surface area (Å²) in [4.78, 5) is 0. The van der Waals surface area contributed by atoms with E-state index in [9.17, 15) is 0 Å². The molecule has 3 nitrogen and oxygen atoms in total. The van der Waals surface area contributed by atoms with Gasteiger partial charge in [0, 0.05) is 33.5 Å². The molecule has 0 saturated heterocycles. The van der Waals surface area contributed by atoms with Crippen molar-refractivity contribution in [2.45, 2.75) is 6.42 Å². The van der Waals surface area contributed by atoms with Crippen molar-refractivity contribution in [2.75, 3.05) is 11.9 Å². The van der Waals surface area contributed by atoms with Crippen molar-refractivity contribution in [2.24, 2.45) is 7.05 Å². The molecule has 0 aliphatic rings. The first-order valence-electron chi connectivity index (χ1n) is 5.31. The minimum Gasteiger partial charge on any atom is -0.384 e. The van der Waals surface area contributed by atoms with Crippen molar-refractivity contribution in [3.8, 4) is 0 Å². The van der Waals surface area contributed by atoms with Crippen LogP contribution in [0.2, 0.25) is 0 Å². The van der Waals surface area contributed by atoms with E-state index in [0.29, 0.717) is 0 Å². The number of anilines is 1. The Morgan fingerprint density at radius 3 is 2.94 bits per heavy atom. The number of hydrogen-bond acceptors (Lipinski definition) is 2. The molecule has 0 fully saturated rings. The quantitative estimate of drug-likeness (QED) is 0.789. The Labute approximate surface area is 123 Å². The number of hydrogen-bond donors (Lipinski definition) is 1. The molecule has 0 aliphatic heterocycles. The van der Waals surface area contributed by atoms with E-state index >= 15 is 0 Å². The Bertz CT molecular complexity index is 510. The molecule has 0 amide bonds. The standard InChI is InChI=1S/C12H13BrIN3/c1-17-8-9(7-16-17)4-5-15-12-3-2-10(14)6-11(12)13/h2-3,6-8,15H,4-5H2,1H3. The van der Waals surface area contributed by atoms with Gasteiger partial charge in [-0.3, -0.25) is 4.68 Å². The van der Waals surface area contributed by atoms with Crippen LogP contribution in [0.25, 0.3) is 0 Å². The van der Waals surface area contributed by atoms with Crippen molar-refractivity contribution in [1.29, 1.82) is 0 Å². The molecule has 1 heterocycles. The van der Waals surface area contributed by atoms with Crippen LogP contribution >= 0.6 is 38.5 Å². The highest BCUT2D eigenvalue weighted by atomic mass is 127. The maximum atomic E-state index is 4.15. The van der Waals surface area contributed by atoms with Crippen LogP contribution in [-0.4, -0.2) is 16.3 Å². The lowest BCUT2D eigenvalue weighted by molar-refractivity contribution is 0.767. The van der Waals surface area contributed by atoms with Crippen molar-refractivity contribution in [3.63, 3.8) is 0 Å². The summed E-state index contributed by atoms with van der Waals surface area (Å²) in [6, 6.07) is 6.29. The molecule has 5 heteroatoms. The van der Waals surface area contributed by atoms with Gasteiger partial charge in [0.25, 0.3) is 0 Å². The van der Waals surface area contributed by atoms with Gasteiger partial charge in [-0.15, -0.1) is 0 Å². The maximum absolute atomic E-state index is 4.15. The Morgan fingerprint density at radius 2 is 2.29 bits per heavy atom. The summed E-state index contributed by atoms with van der Waals surface area (Å²) in [5, 5.41) is 7.56. The largest absolute Gasteiger partial charge is 0.384 e. The normalized spacial score (nSPS) is 10.5. The van der Waals surface area contributed by atoms with E-state index in [-0.39, 0.29) is 0 Å². The molecular formula is C12H13BrIN3. The van der Waals surface area contributed by atoms with E-state index in [4.69, 9.17) is 0 Å². The van der Waals surface area contributed by atoms with Crippen LogP contribution in [0.4, 0.5) is 5.69 Å². The third-order valence-corrected chi connectivity index (χ3v) is 3.75. The second kappa shape index (κ2) is 5.86. The molecule has 0 atom stereocenters. The zero-order chi connectivity index (χ0) is 12.3. The Hall–Kier alpha value is -0.560. The molecule has 0 radical (unpaired) electrons. The molecule has 2 rings (SSSR count). The zero-order valence-electron chi connectivity index (χ0n) is 9.45. The maximum Gasteiger partial charge on any atom is 0.0522 e. The highest BCUT2D eigenvalue weighted by Gasteiger charge is 2.00. The number of halogens is 2. The van der Waals surface area contributed by atoms with E-state index in [1.165, 1.54) is 9.13 Å². The number of nitrogens with one attached hydrogen (secondary N) is 1. The fourth-order valence-electron chi connectivity index (χ4n) is 1.58. The summed E-state index contributed by atoms with van der Waals surface area (Å²) in [6.45, 7) is 0.908. The zero-order valence-corrected chi connectivity index (χ0v) is 13.2. The van der Waals surface area contributed by atoms with Crippen LogP contribution < -0.4 is 5.32 Å². The van der Waals surface area contributed by atoms with Crippen LogP contribution in [0.3, 0.4) is 0 Å². The first-order chi connectivity index (χ1) is 8.15. The fraction of sp³-hybridized carbons (Fsp3) is 0.250. The Kier molecular flexibility index (Phi) is 4.44. The number of benzene rings is 1. The number of rotatable bonds is 4. The minimum absolute atomic E-state index is 0.908. The van der Waals surface area contributed by atoms with Crippen LogP contribution in [0.15, 0.2) is 35.1 Å². The monoisotopic (exact) mass is 405 g/mol. The molecule has 1 N–H and O–H groups in total. The lowest BCUT2D eigenvalue weighted by atomic mass is 10.2. The first kappa shape index (κ1) is 12.9. The average Bonchev–Trinajstić information content (AvgIpc) is 2.68. The molecule has 0 saturated carbocycles. The van der Waals surface area contributed by atoms with Crippen molar-refractivity contribution in [1.82, 2.24) is 9.78 Å². The predicted octanol–water partition coefficient (Wildman–Crippen LogP) is 3.44. The van der Waals surface area contributed by atoms with Gasteiger partial charge in [-0.05, 0) is 68.7 Å². The van der Waals surface area contributed by atoms with Gasteiger partial charge in [0.1, 0.15) is 0 Å². The highest BCUT2D eigenvalue weighted by Crippen LogP contribution is 2.24.